The van der Waals surface area contributed by atoms with Crippen LogP contribution >= 0.6 is 46.1 Å². The van der Waals surface area contributed by atoms with Gasteiger partial charge in [-0.1, -0.05) is 29.8 Å². The maximum atomic E-state index is 6.31. The van der Waals surface area contributed by atoms with Crippen LogP contribution in [0.1, 0.15) is 31.4 Å². The molecule has 4 nitrogen and oxygen atoms in total. The molecule has 0 spiro atoms. The Kier molecular flexibility index (Phi) is 7.84. The first kappa shape index (κ1) is 23.2. The van der Waals surface area contributed by atoms with Gasteiger partial charge in [0.05, 0.1) is 11.0 Å². The monoisotopic (exact) mass is 508 g/mol. The van der Waals surface area contributed by atoms with Crippen LogP contribution in [0.2, 0.25) is 5.02 Å². The molecule has 8 heteroatoms. The minimum absolute atomic E-state index is 0.00754. The molecule has 0 saturated carbocycles. The number of alkyl halides is 2. The first-order valence-electron chi connectivity index (χ1n) is 10.3. The first-order valence-corrected chi connectivity index (χ1v) is 12.7. The van der Waals surface area contributed by atoms with Gasteiger partial charge in [-0.3, -0.25) is 4.57 Å². The highest BCUT2D eigenvalue weighted by molar-refractivity contribution is 7.12. The van der Waals surface area contributed by atoms with Crippen molar-refractivity contribution in [3.8, 4) is 16.5 Å². The molecule has 0 aliphatic rings. The summed E-state index contributed by atoms with van der Waals surface area (Å²) in [6, 6.07) is 15.6. The zero-order chi connectivity index (χ0) is 22.5. The number of rotatable bonds is 10. The smallest absolute Gasteiger partial charge is 0.133 e. The number of aromatic nitrogens is 2. The Labute approximate surface area is 206 Å². The number of hydrogen-bond acceptors (Lipinski definition) is 4. The summed E-state index contributed by atoms with van der Waals surface area (Å²) >= 11 is 19.7. The molecule has 0 saturated heterocycles. The number of imidazole rings is 1. The Balaban J connectivity index is 1.55. The highest BCUT2D eigenvalue weighted by Crippen LogP contribution is 2.33. The van der Waals surface area contributed by atoms with E-state index in [1.165, 1.54) is 0 Å². The van der Waals surface area contributed by atoms with Crippen LogP contribution in [0.3, 0.4) is 0 Å². The largest absolute Gasteiger partial charge is 0.490 e. The standard InChI is InChI=1S/C24H23Cl3N2O2S/c1-16(20-4-2-3-5-21(20)27)30-19-13-24(32-14-19)29-15-28-22-7-6-18(12-23(22)29)31-17(8-10-25)9-11-26/h2-7,12-17H,8-11H2,1H3/t16-/m1/s1. The van der Waals surface area contributed by atoms with Gasteiger partial charge in [-0.25, -0.2) is 4.98 Å². The first-order chi connectivity index (χ1) is 15.6. The van der Waals surface area contributed by atoms with Gasteiger partial charge in [0.2, 0.25) is 0 Å². The summed E-state index contributed by atoms with van der Waals surface area (Å²) < 4.78 is 14.3. The van der Waals surface area contributed by atoms with E-state index in [0.29, 0.717) is 16.8 Å². The average Bonchev–Trinajstić information content (AvgIpc) is 3.41. The number of thiophene rings is 1. The maximum Gasteiger partial charge on any atom is 0.133 e. The number of benzene rings is 2. The van der Waals surface area contributed by atoms with Crippen molar-refractivity contribution in [1.82, 2.24) is 9.55 Å². The van der Waals surface area contributed by atoms with Gasteiger partial charge in [0.1, 0.15) is 35.0 Å². The maximum absolute atomic E-state index is 6.31. The lowest BCUT2D eigenvalue weighted by Gasteiger charge is -2.17. The lowest BCUT2D eigenvalue weighted by molar-refractivity contribution is 0.195. The van der Waals surface area contributed by atoms with Crippen molar-refractivity contribution >= 4 is 57.2 Å². The lowest BCUT2D eigenvalue weighted by atomic mass is 10.1. The molecule has 2 aromatic carbocycles. The van der Waals surface area contributed by atoms with Crippen LogP contribution in [0.25, 0.3) is 16.0 Å². The second-order valence-electron chi connectivity index (χ2n) is 7.36. The lowest BCUT2D eigenvalue weighted by Crippen LogP contribution is -2.17. The molecule has 32 heavy (non-hydrogen) atoms. The molecule has 168 valence electrons. The van der Waals surface area contributed by atoms with Gasteiger partial charge in [-0.05, 0) is 38.0 Å². The van der Waals surface area contributed by atoms with Gasteiger partial charge in [-0.2, -0.15) is 0 Å². The van der Waals surface area contributed by atoms with Gasteiger partial charge in [0.25, 0.3) is 0 Å². The van der Waals surface area contributed by atoms with Crippen LogP contribution in [-0.2, 0) is 0 Å². The summed E-state index contributed by atoms with van der Waals surface area (Å²) in [6.45, 7) is 1.99. The number of hydrogen-bond donors (Lipinski definition) is 0. The fourth-order valence-electron chi connectivity index (χ4n) is 3.50. The average molecular weight is 510 g/mol. The molecular weight excluding hydrogens is 487 g/mol. The fraction of sp³-hybridized carbons (Fsp3) is 0.292. The van der Waals surface area contributed by atoms with Crippen molar-refractivity contribution in [1.29, 1.82) is 0 Å². The second kappa shape index (κ2) is 10.8. The van der Waals surface area contributed by atoms with E-state index >= 15 is 0 Å². The summed E-state index contributed by atoms with van der Waals surface area (Å²) in [5.74, 6) is 2.63. The molecule has 2 aromatic heterocycles. The van der Waals surface area contributed by atoms with E-state index in [2.05, 4.69) is 4.98 Å². The summed E-state index contributed by atoms with van der Waals surface area (Å²) in [4.78, 5) is 4.53. The third kappa shape index (κ3) is 5.34. The molecule has 0 N–H and O–H groups in total. The molecule has 0 radical (unpaired) electrons. The van der Waals surface area contributed by atoms with Crippen LogP contribution in [0, 0.1) is 0 Å². The van der Waals surface area contributed by atoms with Crippen LogP contribution in [0.15, 0.2) is 60.2 Å². The summed E-state index contributed by atoms with van der Waals surface area (Å²) in [5, 5.41) is 3.69. The molecule has 0 aliphatic carbocycles. The van der Waals surface area contributed by atoms with Crippen molar-refractivity contribution in [3.63, 3.8) is 0 Å². The van der Waals surface area contributed by atoms with Crippen molar-refractivity contribution < 1.29 is 9.47 Å². The molecule has 2 heterocycles. The topological polar surface area (TPSA) is 36.3 Å². The Hall–Kier alpha value is -1.92. The molecule has 4 aromatic rings. The third-order valence-electron chi connectivity index (χ3n) is 5.14. The Morgan fingerprint density at radius 3 is 2.53 bits per heavy atom. The van der Waals surface area contributed by atoms with Crippen molar-refractivity contribution in [2.75, 3.05) is 11.8 Å². The Morgan fingerprint density at radius 2 is 1.78 bits per heavy atom. The van der Waals surface area contributed by atoms with Crippen molar-refractivity contribution in [2.45, 2.75) is 32.0 Å². The van der Waals surface area contributed by atoms with Gasteiger partial charge < -0.3 is 9.47 Å². The predicted octanol–water partition coefficient (Wildman–Crippen LogP) is 7.89. The Morgan fingerprint density at radius 1 is 1.00 bits per heavy atom. The van der Waals surface area contributed by atoms with Crippen molar-refractivity contribution in [2.24, 2.45) is 0 Å². The minimum atomic E-state index is -0.161. The van der Waals surface area contributed by atoms with E-state index in [1.54, 1.807) is 11.3 Å². The van der Waals surface area contributed by atoms with E-state index in [-0.39, 0.29) is 12.2 Å². The zero-order valence-electron chi connectivity index (χ0n) is 17.5. The van der Waals surface area contributed by atoms with E-state index in [4.69, 9.17) is 44.3 Å². The molecule has 0 fully saturated rings. The quantitative estimate of drug-likeness (QED) is 0.204. The van der Waals surface area contributed by atoms with E-state index in [1.807, 2.05) is 71.7 Å². The Bertz CT molecular complexity index is 1170. The van der Waals surface area contributed by atoms with E-state index < -0.39 is 0 Å². The molecule has 0 aliphatic heterocycles. The molecular formula is C24H23Cl3N2O2S. The third-order valence-corrected chi connectivity index (χ3v) is 6.83. The normalized spacial score (nSPS) is 12.4. The van der Waals surface area contributed by atoms with Gasteiger partial charge in [0, 0.05) is 39.9 Å². The highest BCUT2D eigenvalue weighted by Gasteiger charge is 2.15. The second-order valence-corrected chi connectivity index (χ2v) is 9.42. The predicted molar refractivity (Wildman–Crippen MR) is 135 cm³/mol. The zero-order valence-corrected chi connectivity index (χ0v) is 20.6. The van der Waals surface area contributed by atoms with Crippen LogP contribution in [0.4, 0.5) is 0 Å². The SMILES string of the molecule is C[C@@H](Oc1csc(-n2cnc3ccc(OC(CCCl)CCCl)cc32)c1)c1ccccc1Cl. The fourth-order valence-corrected chi connectivity index (χ4v) is 5.08. The number of fused-ring (bicyclic) bond motifs is 1. The summed E-state index contributed by atoms with van der Waals surface area (Å²) in [6.07, 6.45) is 3.15. The number of halogens is 3. The summed E-state index contributed by atoms with van der Waals surface area (Å²) in [5.41, 5.74) is 2.81. The molecule has 0 unspecified atom stereocenters. The van der Waals surface area contributed by atoms with Crippen LogP contribution in [0.5, 0.6) is 11.5 Å². The summed E-state index contributed by atoms with van der Waals surface area (Å²) in [7, 11) is 0. The van der Waals surface area contributed by atoms with Crippen LogP contribution in [-0.4, -0.2) is 27.4 Å². The van der Waals surface area contributed by atoms with Crippen molar-refractivity contribution in [3.05, 3.63) is 70.8 Å². The molecule has 1 atom stereocenters. The minimum Gasteiger partial charge on any atom is -0.490 e. The number of ether oxygens (including phenoxy) is 2. The van der Waals surface area contributed by atoms with E-state index in [0.717, 1.165) is 45.9 Å². The van der Waals surface area contributed by atoms with E-state index in [9.17, 15) is 0 Å². The molecule has 4 rings (SSSR count). The van der Waals surface area contributed by atoms with Gasteiger partial charge in [0.15, 0.2) is 0 Å². The van der Waals surface area contributed by atoms with Gasteiger partial charge >= 0.3 is 0 Å². The highest BCUT2D eigenvalue weighted by atomic mass is 35.5. The van der Waals surface area contributed by atoms with Gasteiger partial charge in [-0.15, -0.1) is 34.5 Å². The number of nitrogens with zero attached hydrogens (tertiary/aromatic N) is 2. The van der Waals surface area contributed by atoms with Crippen LogP contribution < -0.4 is 9.47 Å². The molecule has 0 bridgehead atoms. The molecule has 0 amide bonds.